The molecule has 1 amide bonds. The molecule has 1 fully saturated rings. The quantitative estimate of drug-likeness (QED) is 0.808. The number of aromatic nitrogens is 2. The monoisotopic (exact) mass is 357 g/mol. The first-order valence-electron chi connectivity index (χ1n) is 8.10. The summed E-state index contributed by atoms with van der Waals surface area (Å²) in [6.45, 7) is 0.340. The van der Waals surface area contributed by atoms with Crippen molar-refractivity contribution >= 4 is 11.9 Å². The van der Waals surface area contributed by atoms with Crippen molar-refractivity contribution in [1.29, 1.82) is 0 Å². The Balaban J connectivity index is 1.86. The van der Waals surface area contributed by atoms with E-state index in [0.717, 1.165) is 24.6 Å². The van der Waals surface area contributed by atoms with Crippen LogP contribution in [0, 0.1) is 0 Å². The first kappa shape index (κ1) is 17.7. The molecule has 0 radical (unpaired) electrons. The van der Waals surface area contributed by atoms with Crippen LogP contribution in [0.4, 0.5) is 0 Å². The minimum Gasteiger partial charge on any atom is -0.497 e. The third-order valence-corrected chi connectivity index (χ3v) is 4.17. The van der Waals surface area contributed by atoms with Gasteiger partial charge in [0.2, 0.25) is 0 Å². The molecule has 26 heavy (non-hydrogen) atoms. The second kappa shape index (κ2) is 7.38. The molecule has 1 aliphatic carbocycles. The molecule has 8 nitrogen and oxygen atoms in total. The number of rotatable bonds is 7. The van der Waals surface area contributed by atoms with Crippen molar-refractivity contribution < 1.29 is 24.2 Å². The number of methoxy groups -OCH3 is 2. The second-order valence-electron chi connectivity index (χ2n) is 5.93. The smallest absolute Gasteiger partial charge is 0.356 e. The SMILES string of the molecule is COc1ccc(OC)c(CN(C(=O)c2cnc(C(=O)O)cn2)C2CC2)c1. The predicted molar refractivity (Wildman–Crippen MR) is 91.4 cm³/mol. The van der Waals surface area contributed by atoms with Crippen LogP contribution >= 0.6 is 0 Å². The molecule has 0 atom stereocenters. The van der Waals surface area contributed by atoms with Gasteiger partial charge in [0, 0.05) is 11.6 Å². The topological polar surface area (TPSA) is 102 Å². The summed E-state index contributed by atoms with van der Waals surface area (Å²) >= 11 is 0. The van der Waals surface area contributed by atoms with Gasteiger partial charge in [-0.15, -0.1) is 0 Å². The van der Waals surface area contributed by atoms with Crippen molar-refractivity contribution in [2.75, 3.05) is 14.2 Å². The molecule has 0 spiro atoms. The zero-order valence-corrected chi connectivity index (χ0v) is 14.5. The molecule has 2 aromatic rings. The Kier molecular flexibility index (Phi) is 5.01. The Morgan fingerprint density at radius 3 is 2.38 bits per heavy atom. The lowest BCUT2D eigenvalue weighted by Crippen LogP contribution is -2.33. The molecule has 1 aromatic carbocycles. The van der Waals surface area contributed by atoms with E-state index in [4.69, 9.17) is 14.6 Å². The van der Waals surface area contributed by atoms with Crippen LogP contribution in [0.3, 0.4) is 0 Å². The Hall–Kier alpha value is -3.16. The van der Waals surface area contributed by atoms with Gasteiger partial charge in [-0.2, -0.15) is 0 Å². The number of carbonyl (C=O) groups is 2. The van der Waals surface area contributed by atoms with E-state index in [1.807, 2.05) is 6.07 Å². The highest BCUT2D eigenvalue weighted by atomic mass is 16.5. The molecule has 1 aliphatic rings. The summed E-state index contributed by atoms with van der Waals surface area (Å²) in [4.78, 5) is 33.2. The van der Waals surface area contributed by atoms with E-state index in [1.54, 1.807) is 31.3 Å². The zero-order valence-electron chi connectivity index (χ0n) is 14.5. The number of amides is 1. The molecule has 136 valence electrons. The Bertz CT molecular complexity index is 818. The minimum absolute atomic E-state index is 0.115. The van der Waals surface area contributed by atoms with Gasteiger partial charge in [-0.05, 0) is 31.0 Å². The summed E-state index contributed by atoms with van der Waals surface area (Å²) in [7, 11) is 3.15. The van der Waals surface area contributed by atoms with Crippen LogP contribution in [0.2, 0.25) is 0 Å². The van der Waals surface area contributed by atoms with E-state index in [9.17, 15) is 9.59 Å². The van der Waals surface area contributed by atoms with Crippen LogP contribution in [-0.4, -0.2) is 52.1 Å². The normalized spacial score (nSPS) is 13.2. The Labute approximate surface area is 150 Å². The van der Waals surface area contributed by atoms with Crippen molar-refractivity contribution in [3.8, 4) is 11.5 Å². The number of benzene rings is 1. The van der Waals surface area contributed by atoms with Crippen LogP contribution in [0.1, 0.15) is 39.4 Å². The molecule has 1 heterocycles. The molecule has 8 heteroatoms. The Morgan fingerprint density at radius 1 is 1.15 bits per heavy atom. The summed E-state index contributed by atoms with van der Waals surface area (Å²) in [5.41, 5.74) is 0.736. The fraction of sp³-hybridized carbons (Fsp3) is 0.333. The van der Waals surface area contributed by atoms with E-state index >= 15 is 0 Å². The van der Waals surface area contributed by atoms with Gasteiger partial charge in [-0.1, -0.05) is 0 Å². The largest absolute Gasteiger partial charge is 0.497 e. The lowest BCUT2D eigenvalue weighted by molar-refractivity contribution is 0.0682. The van der Waals surface area contributed by atoms with Gasteiger partial charge >= 0.3 is 5.97 Å². The number of ether oxygens (including phenoxy) is 2. The molecular formula is C18H19N3O5. The van der Waals surface area contributed by atoms with E-state index in [1.165, 1.54) is 6.20 Å². The number of aromatic carboxylic acids is 1. The van der Waals surface area contributed by atoms with Crippen LogP contribution in [0.25, 0.3) is 0 Å². The maximum absolute atomic E-state index is 12.9. The van der Waals surface area contributed by atoms with Crippen LogP contribution < -0.4 is 9.47 Å². The number of carboxylic acids is 1. The van der Waals surface area contributed by atoms with Gasteiger partial charge < -0.3 is 19.5 Å². The van der Waals surface area contributed by atoms with E-state index in [0.29, 0.717) is 18.0 Å². The van der Waals surface area contributed by atoms with Crippen molar-refractivity contribution in [3.63, 3.8) is 0 Å². The molecule has 1 N–H and O–H groups in total. The average Bonchev–Trinajstić information content (AvgIpc) is 3.50. The van der Waals surface area contributed by atoms with E-state index in [2.05, 4.69) is 9.97 Å². The standard InChI is InChI=1S/C18H19N3O5/c1-25-13-5-6-16(26-2)11(7-13)10-21(12-3-4-12)17(22)14-8-20-15(9-19-14)18(23)24/h5-9,12H,3-4,10H2,1-2H3,(H,23,24). The predicted octanol–water partition coefficient (Wildman–Crippen LogP) is 2.00. The zero-order chi connectivity index (χ0) is 18.7. The number of nitrogens with zero attached hydrogens (tertiary/aromatic N) is 3. The highest BCUT2D eigenvalue weighted by Crippen LogP contribution is 2.32. The van der Waals surface area contributed by atoms with Crippen molar-refractivity contribution in [3.05, 3.63) is 47.5 Å². The molecule has 0 bridgehead atoms. The molecule has 1 aromatic heterocycles. The molecule has 1 saturated carbocycles. The summed E-state index contributed by atoms with van der Waals surface area (Å²) in [6, 6.07) is 5.55. The van der Waals surface area contributed by atoms with Gasteiger partial charge in [-0.3, -0.25) is 4.79 Å². The highest BCUT2D eigenvalue weighted by molar-refractivity contribution is 5.93. The maximum Gasteiger partial charge on any atom is 0.356 e. The molecule has 0 aliphatic heterocycles. The molecular weight excluding hydrogens is 338 g/mol. The molecule has 3 rings (SSSR count). The van der Waals surface area contributed by atoms with Crippen molar-refractivity contribution in [2.45, 2.75) is 25.4 Å². The van der Waals surface area contributed by atoms with Crippen molar-refractivity contribution in [2.24, 2.45) is 0 Å². The van der Waals surface area contributed by atoms with Crippen LogP contribution in [0.5, 0.6) is 11.5 Å². The third-order valence-electron chi connectivity index (χ3n) is 4.17. The van der Waals surface area contributed by atoms with Gasteiger partial charge in [0.15, 0.2) is 5.69 Å². The minimum atomic E-state index is -1.18. The summed E-state index contributed by atoms with van der Waals surface area (Å²) in [5, 5.41) is 8.90. The number of carbonyl (C=O) groups excluding carboxylic acids is 1. The van der Waals surface area contributed by atoms with Gasteiger partial charge in [0.25, 0.3) is 5.91 Å². The lowest BCUT2D eigenvalue weighted by Gasteiger charge is -2.23. The maximum atomic E-state index is 12.9. The Morgan fingerprint density at radius 2 is 1.85 bits per heavy atom. The molecule has 0 unspecified atom stereocenters. The van der Waals surface area contributed by atoms with E-state index in [-0.39, 0.29) is 23.3 Å². The number of carboxylic acid groups (broad SMARTS) is 1. The summed E-state index contributed by atoms with van der Waals surface area (Å²) < 4.78 is 10.6. The summed E-state index contributed by atoms with van der Waals surface area (Å²) in [5.74, 6) is -0.135. The highest BCUT2D eigenvalue weighted by Gasteiger charge is 2.34. The molecule has 0 saturated heterocycles. The summed E-state index contributed by atoms with van der Waals surface area (Å²) in [6.07, 6.45) is 4.12. The lowest BCUT2D eigenvalue weighted by atomic mass is 10.1. The van der Waals surface area contributed by atoms with E-state index < -0.39 is 5.97 Å². The number of hydrogen-bond acceptors (Lipinski definition) is 6. The first-order chi connectivity index (χ1) is 12.5. The van der Waals surface area contributed by atoms with Crippen LogP contribution in [0.15, 0.2) is 30.6 Å². The number of hydrogen-bond donors (Lipinski definition) is 1. The fourth-order valence-electron chi connectivity index (χ4n) is 2.64. The van der Waals surface area contributed by atoms with Gasteiger partial charge in [0.05, 0.1) is 33.2 Å². The van der Waals surface area contributed by atoms with Crippen molar-refractivity contribution in [1.82, 2.24) is 14.9 Å². The van der Waals surface area contributed by atoms with Gasteiger partial charge in [-0.25, -0.2) is 14.8 Å². The van der Waals surface area contributed by atoms with Gasteiger partial charge in [0.1, 0.15) is 17.2 Å². The van der Waals surface area contributed by atoms with Crippen LogP contribution in [-0.2, 0) is 6.54 Å². The third kappa shape index (κ3) is 3.74. The first-order valence-corrected chi connectivity index (χ1v) is 8.10. The fourth-order valence-corrected chi connectivity index (χ4v) is 2.64. The average molecular weight is 357 g/mol. The second-order valence-corrected chi connectivity index (χ2v) is 5.93.